The molecule has 0 bridgehead atoms. The maximum atomic E-state index is 12.6. The lowest BCUT2D eigenvalue weighted by atomic mass is 10.0. The van der Waals surface area contributed by atoms with Gasteiger partial charge in [0.1, 0.15) is 0 Å². The molecule has 25 heavy (non-hydrogen) atoms. The first-order valence-electron chi connectivity index (χ1n) is 8.70. The molecule has 4 nitrogen and oxygen atoms in total. The lowest BCUT2D eigenvalue weighted by Crippen LogP contribution is -2.37. The van der Waals surface area contributed by atoms with E-state index in [-0.39, 0.29) is 5.91 Å². The van der Waals surface area contributed by atoms with Crippen molar-refractivity contribution < 1.29 is 4.79 Å². The summed E-state index contributed by atoms with van der Waals surface area (Å²) in [6.07, 6.45) is 3.64. The third-order valence-electron chi connectivity index (χ3n) is 4.85. The van der Waals surface area contributed by atoms with E-state index in [0.29, 0.717) is 28.0 Å². The summed E-state index contributed by atoms with van der Waals surface area (Å²) in [6.45, 7) is 5.34. The molecule has 2 aromatic rings. The van der Waals surface area contributed by atoms with Crippen LogP contribution in [0.5, 0.6) is 0 Å². The molecule has 0 aromatic heterocycles. The molecular formula is C20H24ClN3O. The standard InChI is InChI=1S/C20H24ClN3O/c1-13-11-17(22)18(12-19(13)24-10-6-5-7-14(24)2)23-20(25)15-8-3-4-9-16(15)21/h3-4,8-9,11-12,14H,5-7,10,22H2,1-2H3,(H,23,25)/t14-/m0/s1. The number of carbonyl (C=O) groups excluding carboxylic acids is 1. The van der Waals surface area contributed by atoms with Crippen LogP contribution in [0.3, 0.4) is 0 Å². The molecule has 0 aliphatic carbocycles. The second-order valence-corrected chi connectivity index (χ2v) is 7.11. The Hall–Kier alpha value is -2.20. The molecule has 0 spiro atoms. The highest BCUT2D eigenvalue weighted by atomic mass is 35.5. The van der Waals surface area contributed by atoms with E-state index in [0.717, 1.165) is 17.8 Å². The van der Waals surface area contributed by atoms with E-state index in [4.69, 9.17) is 17.3 Å². The van der Waals surface area contributed by atoms with E-state index in [1.54, 1.807) is 24.3 Å². The van der Waals surface area contributed by atoms with E-state index >= 15 is 0 Å². The molecule has 1 heterocycles. The van der Waals surface area contributed by atoms with Gasteiger partial charge in [0.2, 0.25) is 0 Å². The van der Waals surface area contributed by atoms with E-state index in [2.05, 4.69) is 24.1 Å². The number of hydrogen-bond acceptors (Lipinski definition) is 3. The molecule has 3 rings (SSSR count). The average Bonchev–Trinajstić information content (AvgIpc) is 2.58. The Morgan fingerprint density at radius 3 is 2.76 bits per heavy atom. The Balaban J connectivity index is 1.90. The molecule has 2 aromatic carbocycles. The predicted molar refractivity (Wildman–Crippen MR) is 106 cm³/mol. The number of nitrogens with zero attached hydrogens (tertiary/aromatic N) is 1. The minimum Gasteiger partial charge on any atom is -0.397 e. The van der Waals surface area contributed by atoms with Crippen LogP contribution in [0.15, 0.2) is 36.4 Å². The molecule has 5 heteroatoms. The lowest BCUT2D eigenvalue weighted by molar-refractivity contribution is 0.102. The number of hydrogen-bond donors (Lipinski definition) is 2. The first-order chi connectivity index (χ1) is 12.0. The van der Waals surface area contributed by atoms with Gasteiger partial charge in [-0.05, 0) is 62.9 Å². The van der Waals surface area contributed by atoms with Crippen LogP contribution in [0.25, 0.3) is 0 Å². The molecule has 0 unspecified atom stereocenters. The van der Waals surface area contributed by atoms with Crippen LogP contribution in [0.2, 0.25) is 5.02 Å². The molecule has 0 saturated carbocycles. The van der Waals surface area contributed by atoms with Crippen LogP contribution in [0, 0.1) is 6.92 Å². The summed E-state index contributed by atoms with van der Waals surface area (Å²) in [6, 6.07) is 11.4. The second-order valence-electron chi connectivity index (χ2n) is 6.70. The van der Waals surface area contributed by atoms with Crippen molar-refractivity contribution in [2.24, 2.45) is 0 Å². The highest BCUT2D eigenvalue weighted by molar-refractivity contribution is 6.34. The molecule has 1 fully saturated rings. The molecule has 0 radical (unpaired) electrons. The van der Waals surface area contributed by atoms with E-state index in [1.807, 2.05) is 12.1 Å². The van der Waals surface area contributed by atoms with Gasteiger partial charge in [-0.2, -0.15) is 0 Å². The fourth-order valence-corrected chi connectivity index (χ4v) is 3.65. The zero-order chi connectivity index (χ0) is 18.0. The Kier molecular flexibility index (Phi) is 5.19. The highest BCUT2D eigenvalue weighted by Gasteiger charge is 2.21. The number of rotatable bonds is 3. The van der Waals surface area contributed by atoms with E-state index < -0.39 is 0 Å². The van der Waals surface area contributed by atoms with Crippen LogP contribution >= 0.6 is 11.6 Å². The fourth-order valence-electron chi connectivity index (χ4n) is 3.43. The van der Waals surface area contributed by atoms with Gasteiger partial charge >= 0.3 is 0 Å². The Bertz CT molecular complexity index is 791. The second kappa shape index (κ2) is 7.36. The van der Waals surface area contributed by atoms with Crippen molar-refractivity contribution in [2.75, 3.05) is 22.5 Å². The van der Waals surface area contributed by atoms with Crippen molar-refractivity contribution in [2.45, 2.75) is 39.2 Å². The van der Waals surface area contributed by atoms with Crippen LogP contribution in [0.4, 0.5) is 17.1 Å². The first-order valence-corrected chi connectivity index (χ1v) is 9.08. The van der Waals surface area contributed by atoms with Crippen molar-refractivity contribution in [3.8, 4) is 0 Å². The topological polar surface area (TPSA) is 58.4 Å². The Morgan fingerprint density at radius 1 is 1.28 bits per heavy atom. The SMILES string of the molecule is Cc1cc(N)c(NC(=O)c2ccccc2Cl)cc1N1CCCC[C@@H]1C. The number of piperidine rings is 1. The maximum absolute atomic E-state index is 12.6. The van der Waals surface area contributed by atoms with Crippen LogP contribution in [-0.4, -0.2) is 18.5 Å². The first kappa shape index (κ1) is 17.6. The summed E-state index contributed by atoms with van der Waals surface area (Å²) in [4.78, 5) is 15.0. The molecule has 1 aliphatic rings. The van der Waals surface area contributed by atoms with Gasteiger partial charge in [-0.25, -0.2) is 0 Å². The fraction of sp³-hybridized carbons (Fsp3) is 0.350. The van der Waals surface area contributed by atoms with Crippen molar-refractivity contribution >= 4 is 34.6 Å². The number of carbonyl (C=O) groups is 1. The van der Waals surface area contributed by atoms with Crippen LogP contribution < -0.4 is 16.0 Å². The zero-order valence-electron chi connectivity index (χ0n) is 14.7. The molecule has 1 amide bonds. The summed E-state index contributed by atoms with van der Waals surface area (Å²) in [5.41, 5.74) is 10.0. The Morgan fingerprint density at radius 2 is 2.04 bits per heavy atom. The third kappa shape index (κ3) is 3.74. The van der Waals surface area contributed by atoms with Crippen molar-refractivity contribution in [1.29, 1.82) is 0 Å². The van der Waals surface area contributed by atoms with Gasteiger partial charge in [0.05, 0.1) is 22.0 Å². The molecule has 1 saturated heterocycles. The summed E-state index contributed by atoms with van der Waals surface area (Å²) in [7, 11) is 0. The van der Waals surface area contributed by atoms with Crippen LogP contribution in [0.1, 0.15) is 42.1 Å². The molecule has 3 N–H and O–H groups in total. The number of nitrogen functional groups attached to an aromatic ring is 1. The summed E-state index contributed by atoms with van der Waals surface area (Å²) >= 11 is 6.12. The molecule has 132 valence electrons. The summed E-state index contributed by atoms with van der Waals surface area (Å²) in [5, 5.41) is 3.34. The number of amides is 1. The zero-order valence-corrected chi connectivity index (χ0v) is 15.4. The largest absolute Gasteiger partial charge is 0.397 e. The molecule has 1 aliphatic heterocycles. The van der Waals surface area contributed by atoms with Crippen molar-refractivity contribution in [3.05, 3.63) is 52.5 Å². The average molecular weight is 358 g/mol. The van der Waals surface area contributed by atoms with Crippen LogP contribution in [-0.2, 0) is 0 Å². The molecule has 1 atom stereocenters. The van der Waals surface area contributed by atoms with Gasteiger partial charge in [-0.1, -0.05) is 23.7 Å². The highest BCUT2D eigenvalue weighted by Crippen LogP contribution is 2.33. The summed E-state index contributed by atoms with van der Waals surface area (Å²) in [5.74, 6) is -0.251. The van der Waals surface area contributed by atoms with Crippen molar-refractivity contribution in [1.82, 2.24) is 0 Å². The van der Waals surface area contributed by atoms with Gasteiger partial charge < -0.3 is 16.0 Å². The van der Waals surface area contributed by atoms with Gasteiger partial charge in [-0.3, -0.25) is 4.79 Å². The monoisotopic (exact) mass is 357 g/mol. The van der Waals surface area contributed by atoms with E-state index in [1.165, 1.54) is 19.3 Å². The Labute approximate surface area is 154 Å². The van der Waals surface area contributed by atoms with Gasteiger partial charge in [0.15, 0.2) is 0 Å². The van der Waals surface area contributed by atoms with E-state index in [9.17, 15) is 4.79 Å². The molecular weight excluding hydrogens is 334 g/mol. The number of benzene rings is 2. The minimum absolute atomic E-state index is 0.251. The number of nitrogens with two attached hydrogens (primary N) is 1. The maximum Gasteiger partial charge on any atom is 0.257 e. The summed E-state index contributed by atoms with van der Waals surface area (Å²) < 4.78 is 0. The normalized spacial score (nSPS) is 17.4. The van der Waals surface area contributed by atoms with Gasteiger partial charge in [-0.15, -0.1) is 0 Å². The number of aryl methyl sites for hydroxylation is 1. The van der Waals surface area contributed by atoms with Gasteiger partial charge in [0.25, 0.3) is 5.91 Å². The number of halogens is 1. The third-order valence-corrected chi connectivity index (χ3v) is 5.18. The number of nitrogens with one attached hydrogen (secondary N) is 1. The quantitative estimate of drug-likeness (QED) is 0.771. The van der Waals surface area contributed by atoms with Gasteiger partial charge in [0, 0.05) is 18.3 Å². The smallest absolute Gasteiger partial charge is 0.257 e. The van der Waals surface area contributed by atoms with Crippen molar-refractivity contribution in [3.63, 3.8) is 0 Å². The minimum atomic E-state index is -0.251. The number of anilines is 3. The lowest BCUT2D eigenvalue weighted by Gasteiger charge is -2.36. The predicted octanol–water partition coefficient (Wildman–Crippen LogP) is 4.86.